The number of nitrogens with one attached hydrogen (secondary N) is 1. The average Bonchev–Trinajstić information content (AvgIpc) is 2.60. The third-order valence-electron chi connectivity index (χ3n) is 2.82. The van der Waals surface area contributed by atoms with Gasteiger partial charge in [0.1, 0.15) is 0 Å². The van der Waals surface area contributed by atoms with Crippen LogP contribution in [-0.4, -0.2) is 9.78 Å². The molecule has 1 aromatic rings. The number of rotatable bonds is 6. The second-order valence-electron chi connectivity index (χ2n) is 4.72. The Bertz CT molecular complexity index is 317. The van der Waals surface area contributed by atoms with Gasteiger partial charge in [-0.15, -0.1) is 0 Å². The number of hydrogen-bond acceptors (Lipinski definition) is 3. The lowest BCUT2D eigenvalue weighted by atomic mass is 10.0. The highest BCUT2D eigenvalue weighted by Gasteiger charge is 2.15. The highest BCUT2D eigenvalue weighted by atomic mass is 15.3. The zero-order chi connectivity index (χ0) is 12.1. The number of aromatic nitrogens is 2. The molecule has 1 heterocycles. The lowest BCUT2D eigenvalue weighted by Crippen LogP contribution is -2.30. The summed E-state index contributed by atoms with van der Waals surface area (Å²) in [5.41, 5.74) is 5.16. The van der Waals surface area contributed by atoms with E-state index in [1.165, 1.54) is 12.1 Å². The van der Waals surface area contributed by atoms with E-state index >= 15 is 0 Å². The zero-order valence-electron chi connectivity index (χ0n) is 10.8. The molecule has 0 saturated heterocycles. The van der Waals surface area contributed by atoms with E-state index < -0.39 is 0 Å². The highest BCUT2D eigenvalue weighted by Crippen LogP contribution is 2.21. The Labute approximate surface area is 98.2 Å². The summed E-state index contributed by atoms with van der Waals surface area (Å²) in [5.74, 6) is 6.34. The standard InChI is InChI=1S/C12H24N4/c1-5-16-12(8-10(4)15-16)11(14-13)7-6-9(2)3/h8-9,11,14H,5-7,13H2,1-4H3. The van der Waals surface area contributed by atoms with Crippen molar-refractivity contribution >= 4 is 0 Å². The van der Waals surface area contributed by atoms with Gasteiger partial charge >= 0.3 is 0 Å². The summed E-state index contributed by atoms with van der Waals surface area (Å²) in [6, 6.07) is 2.33. The minimum atomic E-state index is 0.212. The predicted octanol–water partition coefficient (Wildman–Crippen LogP) is 2.15. The molecule has 1 unspecified atom stereocenters. The number of hydrazine groups is 1. The monoisotopic (exact) mass is 224 g/mol. The molecule has 0 aliphatic carbocycles. The first kappa shape index (κ1) is 13.2. The van der Waals surface area contributed by atoms with Gasteiger partial charge in [-0.3, -0.25) is 16.0 Å². The summed E-state index contributed by atoms with van der Waals surface area (Å²) in [5, 5.41) is 4.45. The van der Waals surface area contributed by atoms with Gasteiger partial charge in [0.2, 0.25) is 0 Å². The van der Waals surface area contributed by atoms with E-state index in [1.54, 1.807) is 0 Å². The van der Waals surface area contributed by atoms with E-state index in [0.717, 1.165) is 18.7 Å². The van der Waals surface area contributed by atoms with Crippen LogP contribution in [0.5, 0.6) is 0 Å². The van der Waals surface area contributed by atoms with Gasteiger partial charge in [0.15, 0.2) is 0 Å². The normalized spacial score (nSPS) is 13.4. The number of aryl methyl sites for hydroxylation is 2. The molecule has 0 fully saturated rings. The first-order chi connectivity index (χ1) is 7.58. The van der Waals surface area contributed by atoms with Crippen LogP contribution in [0.2, 0.25) is 0 Å². The second kappa shape index (κ2) is 6.01. The van der Waals surface area contributed by atoms with E-state index in [1.807, 2.05) is 11.6 Å². The smallest absolute Gasteiger partial charge is 0.0629 e. The lowest BCUT2D eigenvalue weighted by molar-refractivity contribution is 0.421. The molecule has 0 spiro atoms. The highest BCUT2D eigenvalue weighted by molar-refractivity contribution is 5.13. The maximum atomic E-state index is 5.63. The minimum Gasteiger partial charge on any atom is -0.271 e. The van der Waals surface area contributed by atoms with Gasteiger partial charge in [-0.25, -0.2) is 0 Å². The largest absolute Gasteiger partial charge is 0.271 e. The SMILES string of the molecule is CCn1nc(C)cc1C(CCC(C)C)NN. The molecule has 92 valence electrons. The fourth-order valence-corrected chi connectivity index (χ4v) is 1.92. The summed E-state index contributed by atoms with van der Waals surface area (Å²) < 4.78 is 2.03. The Kier molecular flexibility index (Phi) is 4.96. The molecule has 1 rings (SSSR count). The lowest BCUT2D eigenvalue weighted by Gasteiger charge is -2.18. The van der Waals surface area contributed by atoms with Gasteiger partial charge in [0.25, 0.3) is 0 Å². The summed E-state index contributed by atoms with van der Waals surface area (Å²) in [7, 11) is 0. The molecule has 0 amide bonds. The van der Waals surface area contributed by atoms with Crippen LogP contribution in [0.25, 0.3) is 0 Å². The molecular weight excluding hydrogens is 200 g/mol. The third-order valence-corrected chi connectivity index (χ3v) is 2.82. The summed E-state index contributed by atoms with van der Waals surface area (Å²) >= 11 is 0. The van der Waals surface area contributed by atoms with Crippen molar-refractivity contribution < 1.29 is 0 Å². The summed E-state index contributed by atoms with van der Waals surface area (Å²) in [6.45, 7) is 9.48. The third kappa shape index (κ3) is 3.32. The second-order valence-corrected chi connectivity index (χ2v) is 4.72. The summed E-state index contributed by atoms with van der Waals surface area (Å²) in [6.07, 6.45) is 2.22. The van der Waals surface area contributed by atoms with Crippen LogP contribution in [0.3, 0.4) is 0 Å². The van der Waals surface area contributed by atoms with E-state index in [-0.39, 0.29) is 6.04 Å². The Morgan fingerprint density at radius 2 is 2.12 bits per heavy atom. The molecule has 0 saturated carbocycles. The first-order valence-electron chi connectivity index (χ1n) is 6.09. The molecule has 0 bridgehead atoms. The summed E-state index contributed by atoms with van der Waals surface area (Å²) in [4.78, 5) is 0. The van der Waals surface area contributed by atoms with Gasteiger partial charge in [0, 0.05) is 6.54 Å². The van der Waals surface area contributed by atoms with Crippen molar-refractivity contribution in [3.8, 4) is 0 Å². The molecule has 4 heteroatoms. The fourth-order valence-electron chi connectivity index (χ4n) is 1.92. The van der Waals surface area contributed by atoms with Crippen molar-refractivity contribution in [3.63, 3.8) is 0 Å². The van der Waals surface area contributed by atoms with Crippen LogP contribution in [0.1, 0.15) is 51.0 Å². The number of nitrogens with two attached hydrogens (primary N) is 1. The maximum absolute atomic E-state index is 5.63. The Balaban J connectivity index is 2.77. The van der Waals surface area contributed by atoms with Crippen molar-refractivity contribution in [3.05, 3.63) is 17.5 Å². The van der Waals surface area contributed by atoms with E-state index in [0.29, 0.717) is 5.92 Å². The fraction of sp³-hybridized carbons (Fsp3) is 0.750. The topological polar surface area (TPSA) is 55.9 Å². The van der Waals surface area contributed by atoms with Crippen LogP contribution in [0, 0.1) is 12.8 Å². The Morgan fingerprint density at radius 3 is 2.62 bits per heavy atom. The van der Waals surface area contributed by atoms with Gasteiger partial charge in [-0.2, -0.15) is 5.10 Å². The van der Waals surface area contributed by atoms with Crippen molar-refractivity contribution in [2.45, 2.75) is 53.1 Å². The predicted molar refractivity (Wildman–Crippen MR) is 66.8 cm³/mol. The Hall–Kier alpha value is -0.870. The quantitative estimate of drug-likeness (QED) is 0.575. The molecule has 1 aromatic heterocycles. The maximum Gasteiger partial charge on any atom is 0.0629 e. The molecule has 0 aliphatic heterocycles. The first-order valence-corrected chi connectivity index (χ1v) is 6.09. The molecule has 0 aromatic carbocycles. The van der Waals surface area contributed by atoms with Gasteiger partial charge in [-0.05, 0) is 38.7 Å². The van der Waals surface area contributed by atoms with Crippen molar-refractivity contribution in [1.82, 2.24) is 15.2 Å². The van der Waals surface area contributed by atoms with Crippen LogP contribution in [0.4, 0.5) is 0 Å². The molecule has 16 heavy (non-hydrogen) atoms. The van der Waals surface area contributed by atoms with Crippen LogP contribution >= 0.6 is 0 Å². The molecule has 4 nitrogen and oxygen atoms in total. The zero-order valence-corrected chi connectivity index (χ0v) is 10.8. The van der Waals surface area contributed by atoms with Crippen molar-refractivity contribution in [2.24, 2.45) is 11.8 Å². The molecule has 3 N–H and O–H groups in total. The van der Waals surface area contributed by atoms with Crippen LogP contribution < -0.4 is 11.3 Å². The van der Waals surface area contributed by atoms with Crippen molar-refractivity contribution in [1.29, 1.82) is 0 Å². The average molecular weight is 224 g/mol. The molecule has 0 radical (unpaired) electrons. The van der Waals surface area contributed by atoms with Crippen LogP contribution in [0.15, 0.2) is 6.07 Å². The van der Waals surface area contributed by atoms with E-state index in [4.69, 9.17) is 5.84 Å². The van der Waals surface area contributed by atoms with Crippen molar-refractivity contribution in [2.75, 3.05) is 0 Å². The van der Waals surface area contributed by atoms with E-state index in [2.05, 4.69) is 37.4 Å². The Morgan fingerprint density at radius 1 is 1.44 bits per heavy atom. The number of hydrogen-bond donors (Lipinski definition) is 2. The van der Waals surface area contributed by atoms with Gasteiger partial charge in [-0.1, -0.05) is 13.8 Å². The minimum absolute atomic E-state index is 0.212. The number of nitrogens with zero attached hydrogens (tertiary/aromatic N) is 2. The van der Waals surface area contributed by atoms with Gasteiger partial charge < -0.3 is 0 Å². The van der Waals surface area contributed by atoms with Crippen LogP contribution in [-0.2, 0) is 6.54 Å². The van der Waals surface area contributed by atoms with Gasteiger partial charge in [0.05, 0.1) is 17.4 Å². The molecular formula is C12H24N4. The van der Waals surface area contributed by atoms with E-state index in [9.17, 15) is 0 Å². The molecule has 0 aliphatic rings. The molecule has 1 atom stereocenters.